The summed E-state index contributed by atoms with van der Waals surface area (Å²) in [4.78, 5) is 46.0. The molecule has 0 radical (unpaired) electrons. The number of aromatic nitrogens is 1. The van der Waals surface area contributed by atoms with Gasteiger partial charge in [0, 0.05) is 22.8 Å². The lowest BCUT2D eigenvalue weighted by Gasteiger charge is -2.49. The highest BCUT2D eigenvalue weighted by Crippen LogP contribution is 2.42. The number of benzene rings is 3. The summed E-state index contributed by atoms with van der Waals surface area (Å²) in [5.74, 6) is -2.18. The van der Waals surface area contributed by atoms with E-state index in [2.05, 4.69) is 15.5 Å². The third-order valence-electron chi connectivity index (χ3n) is 7.25. The highest BCUT2D eigenvalue weighted by molar-refractivity contribution is 8.00. The van der Waals surface area contributed by atoms with Crippen LogP contribution in [0, 0.1) is 5.82 Å². The molecule has 2 amide bonds. The first-order chi connectivity index (χ1) is 22.3. The zero-order valence-electron chi connectivity index (χ0n) is 23.9. The number of thiazole rings is 1. The Bertz CT molecular complexity index is 1800. The lowest BCUT2D eigenvalue weighted by Crippen LogP contribution is -2.71. The third-order valence-corrected chi connectivity index (χ3v) is 9.26. The molecule has 1 saturated heterocycles. The van der Waals surface area contributed by atoms with Crippen molar-refractivity contribution in [1.29, 1.82) is 0 Å². The van der Waals surface area contributed by atoms with Crippen LogP contribution in [0.5, 0.6) is 5.75 Å². The standard InChI is InChI=1S/C32H26FN5O6S2/c33-21-12-7-13-22(14-21)43-15-20-16-45-30-25(36-28(39)24(37-42)23-17-46-32(34)35-23)29(40)38(30)26(20)31(41)44-27(18-8-3-1-4-9-18)19-10-5-2-6-11-19/h1-14,17,25,27,30,42H,15-16H2,(H2,34,35)(H,36,39)/b37-24-/t25?,30-/m1/s1. The number of amides is 2. The monoisotopic (exact) mass is 659 g/mol. The largest absolute Gasteiger partial charge is 0.489 e. The van der Waals surface area contributed by atoms with Gasteiger partial charge in [0.05, 0.1) is 0 Å². The summed E-state index contributed by atoms with van der Waals surface area (Å²) in [6.45, 7) is -0.123. The molecule has 14 heteroatoms. The van der Waals surface area contributed by atoms with Crippen LogP contribution in [0.1, 0.15) is 22.9 Å². The number of hydrogen-bond donors (Lipinski definition) is 3. The van der Waals surface area contributed by atoms with E-state index in [1.54, 1.807) is 6.07 Å². The highest BCUT2D eigenvalue weighted by Gasteiger charge is 2.55. The maximum Gasteiger partial charge on any atom is 0.356 e. The number of nitrogens with one attached hydrogen (secondary N) is 1. The summed E-state index contributed by atoms with van der Waals surface area (Å²) < 4.78 is 25.8. The van der Waals surface area contributed by atoms with E-state index in [9.17, 15) is 24.0 Å². The van der Waals surface area contributed by atoms with E-state index in [0.29, 0.717) is 5.57 Å². The molecule has 46 heavy (non-hydrogen) atoms. The smallest absolute Gasteiger partial charge is 0.356 e. The molecule has 6 rings (SSSR count). The Balaban J connectivity index is 1.29. The number of hydrogen-bond acceptors (Lipinski definition) is 11. The van der Waals surface area contributed by atoms with Gasteiger partial charge in [-0.1, -0.05) is 71.9 Å². The van der Waals surface area contributed by atoms with Crippen LogP contribution in [-0.2, 0) is 19.1 Å². The topological polar surface area (TPSA) is 156 Å². The molecular formula is C32H26FN5O6S2. The van der Waals surface area contributed by atoms with Gasteiger partial charge in [0.15, 0.2) is 16.9 Å². The average molecular weight is 660 g/mol. The van der Waals surface area contributed by atoms with Gasteiger partial charge >= 0.3 is 5.97 Å². The Morgan fingerprint density at radius 3 is 2.39 bits per heavy atom. The highest BCUT2D eigenvalue weighted by atomic mass is 32.2. The van der Waals surface area contributed by atoms with E-state index >= 15 is 0 Å². The second-order valence-corrected chi connectivity index (χ2v) is 12.2. The number of thioether (sulfide) groups is 1. The lowest BCUT2D eigenvalue weighted by atomic mass is 10.0. The minimum Gasteiger partial charge on any atom is -0.489 e. The van der Waals surface area contributed by atoms with Crippen LogP contribution in [0.4, 0.5) is 9.52 Å². The summed E-state index contributed by atoms with van der Waals surface area (Å²) in [6, 6.07) is 22.9. The zero-order chi connectivity index (χ0) is 32.2. The van der Waals surface area contributed by atoms with Crippen molar-refractivity contribution >= 4 is 51.7 Å². The molecule has 11 nitrogen and oxygen atoms in total. The molecule has 2 atom stereocenters. The van der Waals surface area contributed by atoms with Gasteiger partial charge < -0.3 is 25.7 Å². The molecule has 2 aliphatic rings. The van der Waals surface area contributed by atoms with Crippen molar-refractivity contribution in [2.24, 2.45) is 5.16 Å². The summed E-state index contributed by atoms with van der Waals surface area (Å²) in [5.41, 5.74) is 7.17. The number of β-lactam (4-membered cyclic amide) rings is 1. The molecule has 0 spiro atoms. The summed E-state index contributed by atoms with van der Waals surface area (Å²) >= 11 is 2.36. The number of ether oxygens (including phenoxy) is 2. The van der Waals surface area contributed by atoms with E-state index in [0.717, 1.165) is 22.5 Å². The van der Waals surface area contributed by atoms with Crippen molar-refractivity contribution < 1.29 is 33.5 Å². The second-order valence-electron chi connectivity index (χ2n) is 10.2. The number of oxime groups is 1. The normalized spacial score (nSPS) is 17.7. The average Bonchev–Trinajstić information content (AvgIpc) is 3.51. The summed E-state index contributed by atoms with van der Waals surface area (Å²) in [6.07, 6.45) is -0.790. The van der Waals surface area contributed by atoms with Crippen molar-refractivity contribution in [1.82, 2.24) is 15.2 Å². The zero-order valence-corrected chi connectivity index (χ0v) is 25.5. The van der Waals surface area contributed by atoms with Crippen LogP contribution < -0.4 is 15.8 Å². The first-order valence-electron chi connectivity index (χ1n) is 13.9. The van der Waals surface area contributed by atoms with E-state index in [1.165, 1.54) is 40.2 Å². The van der Waals surface area contributed by atoms with Gasteiger partial charge in [0.2, 0.25) is 0 Å². The maximum atomic E-state index is 14.1. The molecule has 234 valence electrons. The number of nitrogen functional groups attached to an aromatic ring is 1. The Morgan fingerprint density at radius 2 is 1.78 bits per heavy atom. The molecule has 3 aromatic carbocycles. The van der Waals surface area contributed by atoms with Crippen molar-refractivity contribution in [3.05, 3.63) is 124 Å². The van der Waals surface area contributed by atoms with Crippen molar-refractivity contribution in [2.75, 3.05) is 18.1 Å². The van der Waals surface area contributed by atoms with E-state index in [1.807, 2.05) is 60.7 Å². The van der Waals surface area contributed by atoms with Gasteiger partial charge in [-0.15, -0.1) is 23.1 Å². The number of fused-ring (bicyclic) bond motifs is 1. The molecule has 4 aromatic rings. The molecule has 1 unspecified atom stereocenters. The number of nitrogens with zero attached hydrogens (tertiary/aromatic N) is 3. The van der Waals surface area contributed by atoms with E-state index < -0.39 is 46.8 Å². The maximum absolute atomic E-state index is 14.1. The number of nitrogens with two attached hydrogens (primary N) is 1. The predicted molar refractivity (Wildman–Crippen MR) is 170 cm³/mol. The van der Waals surface area contributed by atoms with Gasteiger partial charge in [-0.25, -0.2) is 14.2 Å². The van der Waals surface area contributed by atoms with Crippen molar-refractivity contribution in [3.63, 3.8) is 0 Å². The van der Waals surface area contributed by atoms with Crippen LogP contribution >= 0.6 is 23.1 Å². The van der Waals surface area contributed by atoms with Gasteiger partial charge in [0.1, 0.15) is 41.0 Å². The number of carbonyl (C=O) groups excluding carboxylic acids is 3. The Labute approximate surface area is 270 Å². The molecule has 0 bridgehead atoms. The van der Waals surface area contributed by atoms with Crippen molar-refractivity contribution in [3.8, 4) is 5.75 Å². The van der Waals surface area contributed by atoms with Crippen LogP contribution in [0.2, 0.25) is 0 Å². The van der Waals surface area contributed by atoms with Crippen molar-refractivity contribution in [2.45, 2.75) is 17.5 Å². The fourth-order valence-corrected chi connectivity index (χ4v) is 6.95. The molecule has 1 aromatic heterocycles. The first-order valence-corrected chi connectivity index (χ1v) is 15.9. The second kappa shape index (κ2) is 13.4. The van der Waals surface area contributed by atoms with E-state index in [-0.39, 0.29) is 34.6 Å². The molecular weight excluding hydrogens is 634 g/mol. The van der Waals surface area contributed by atoms with E-state index in [4.69, 9.17) is 15.2 Å². The number of halogens is 1. The molecule has 2 aliphatic heterocycles. The fourth-order valence-electron chi connectivity index (χ4n) is 5.08. The van der Waals surface area contributed by atoms with Crippen LogP contribution in [0.25, 0.3) is 0 Å². The van der Waals surface area contributed by atoms with Crippen LogP contribution in [-0.4, -0.2) is 62.4 Å². The summed E-state index contributed by atoms with van der Waals surface area (Å²) in [5, 5.41) is 16.1. The Hall–Kier alpha value is -5.21. The van der Waals surface area contributed by atoms with Gasteiger partial charge in [-0.05, 0) is 23.3 Å². The molecule has 0 saturated carbocycles. The lowest BCUT2D eigenvalue weighted by molar-refractivity contribution is -0.154. The number of esters is 1. The van der Waals surface area contributed by atoms with Gasteiger partial charge in [0.25, 0.3) is 11.8 Å². The number of anilines is 1. The number of carbonyl (C=O) groups is 3. The minimum absolute atomic E-state index is 0.0177. The van der Waals surface area contributed by atoms with Gasteiger partial charge in [-0.2, -0.15) is 0 Å². The first kappa shape index (κ1) is 30.8. The Kier molecular flexibility index (Phi) is 8.99. The SMILES string of the molecule is Nc1nc(/C(=N/O)C(=O)NC2C(=O)N3C(C(=O)OC(c4ccccc4)c4ccccc4)=C(COc4cccc(F)c4)CS[C@H]23)cs1. The molecule has 1 fully saturated rings. The molecule has 0 aliphatic carbocycles. The minimum atomic E-state index is -1.04. The quantitative estimate of drug-likeness (QED) is 0.0750. The predicted octanol–water partition coefficient (Wildman–Crippen LogP) is 4.11. The molecule has 4 N–H and O–H groups in total. The van der Waals surface area contributed by atoms with Gasteiger partial charge in [-0.3, -0.25) is 14.5 Å². The Morgan fingerprint density at radius 1 is 1.09 bits per heavy atom. The fraction of sp³-hybridized carbons (Fsp3) is 0.156. The molecule has 3 heterocycles. The summed E-state index contributed by atoms with van der Waals surface area (Å²) in [7, 11) is 0. The third kappa shape index (κ3) is 6.30. The van der Waals surface area contributed by atoms with Crippen LogP contribution in [0.15, 0.2) is 107 Å². The van der Waals surface area contributed by atoms with Crippen LogP contribution in [0.3, 0.4) is 0 Å². The number of rotatable bonds is 10.